The SMILES string of the molecule is O=C(NCc1cccc(-n2cccn2)c1)N1CCN(Cc2ccc(Cl)cc2)CC1. The Labute approximate surface area is 175 Å². The van der Waals surface area contributed by atoms with E-state index in [1.165, 1.54) is 5.56 Å². The van der Waals surface area contributed by atoms with Crippen molar-refractivity contribution in [2.24, 2.45) is 0 Å². The van der Waals surface area contributed by atoms with Gasteiger partial charge >= 0.3 is 6.03 Å². The molecular weight excluding hydrogens is 386 g/mol. The summed E-state index contributed by atoms with van der Waals surface area (Å²) >= 11 is 5.95. The van der Waals surface area contributed by atoms with Gasteiger partial charge in [0.25, 0.3) is 0 Å². The number of carbonyl (C=O) groups excluding carboxylic acids is 1. The summed E-state index contributed by atoms with van der Waals surface area (Å²) in [7, 11) is 0. The molecule has 3 aromatic rings. The van der Waals surface area contributed by atoms with Gasteiger partial charge in [-0.05, 0) is 41.5 Å². The third-order valence-electron chi connectivity index (χ3n) is 5.10. The smallest absolute Gasteiger partial charge is 0.317 e. The van der Waals surface area contributed by atoms with Gasteiger partial charge in [0.15, 0.2) is 0 Å². The Morgan fingerprint density at radius 2 is 1.79 bits per heavy atom. The summed E-state index contributed by atoms with van der Waals surface area (Å²) in [6, 6.07) is 17.9. The van der Waals surface area contributed by atoms with Crippen LogP contribution in [0.5, 0.6) is 0 Å². The molecule has 0 saturated carbocycles. The zero-order chi connectivity index (χ0) is 20.1. The van der Waals surface area contributed by atoms with Gasteiger partial charge in [0.05, 0.1) is 5.69 Å². The van der Waals surface area contributed by atoms with E-state index in [1.807, 2.05) is 58.2 Å². The van der Waals surface area contributed by atoms with Crippen molar-refractivity contribution in [3.63, 3.8) is 0 Å². The molecule has 1 aliphatic heterocycles. The molecule has 0 spiro atoms. The highest BCUT2D eigenvalue weighted by Gasteiger charge is 2.20. The molecule has 1 aromatic heterocycles. The zero-order valence-electron chi connectivity index (χ0n) is 16.2. The van der Waals surface area contributed by atoms with Crippen molar-refractivity contribution >= 4 is 17.6 Å². The van der Waals surface area contributed by atoms with Crippen molar-refractivity contribution in [3.05, 3.63) is 83.1 Å². The maximum absolute atomic E-state index is 12.6. The van der Waals surface area contributed by atoms with Crippen LogP contribution in [0.15, 0.2) is 67.0 Å². The fourth-order valence-corrected chi connectivity index (χ4v) is 3.60. The lowest BCUT2D eigenvalue weighted by atomic mass is 10.2. The molecule has 29 heavy (non-hydrogen) atoms. The predicted molar refractivity (Wildman–Crippen MR) is 114 cm³/mol. The van der Waals surface area contributed by atoms with Gasteiger partial charge < -0.3 is 10.2 Å². The number of urea groups is 1. The van der Waals surface area contributed by atoms with Crippen LogP contribution in [0, 0.1) is 0 Å². The van der Waals surface area contributed by atoms with E-state index in [9.17, 15) is 4.79 Å². The Hall–Kier alpha value is -2.83. The van der Waals surface area contributed by atoms with Crippen LogP contribution < -0.4 is 5.32 Å². The first-order valence-corrected chi connectivity index (χ1v) is 10.1. The third-order valence-corrected chi connectivity index (χ3v) is 5.35. The van der Waals surface area contributed by atoms with Crippen LogP contribution in [0.1, 0.15) is 11.1 Å². The molecule has 150 valence electrons. The molecule has 2 heterocycles. The van der Waals surface area contributed by atoms with Gasteiger partial charge in [0, 0.05) is 56.7 Å². The van der Waals surface area contributed by atoms with Crippen molar-refractivity contribution in [1.29, 1.82) is 0 Å². The van der Waals surface area contributed by atoms with Crippen LogP contribution in [-0.4, -0.2) is 51.8 Å². The molecule has 0 aliphatic carbocycles. The van der Waals surface area contributed by atoms with E-state index in [1.54, 1.807) is 6.20 Å². The average Bonchev–Trinajstić information content (AvgIpc) is 3.29. The van der Waals surface area contributed by atoms with Gasteiger partial charge in [-0.1, -0.05) is 35.9 Å². The zero-order valence-corrected chi connectivity index (χ0v) is 16.9. The highest BCUT2D eigenvalue weighted by atomic mass is 35.5. The number of piperazine rings is 1. The summed E-state index contributed by atoms with van der Waals surface area (Å²) in [5.74, 6) is 0. The van der Waals surface area contributed by atoms with Crippen molar-refractivity contribution in [2.75, 3.05) is 26.2 Å². The van der Waals surface area contributed by atoms with Gasteiger partial charge in [-0.3, -0.25) is 4.90 Å². The van der Waals surface area contributed by atoms with Crippen LogP contribution in [0.4, 0.5) is 4.79 Å². The second-order valence-corrected chi connectivity index (χ2v) is 7.61. The second-order valence-electron chi connectivity index (χ2n) is 7.17. The number of hydrogen-bond acceptors (Lipinski definition) is 3. The molecule has 0 unspecified atom stereocenters. The number of aromatic nitrogens is 2. The largest absolute Gasteiger partial charge is 0.334 e. The molecule has 2 amide bonds. The number of amides is 2. The molecule has 0 atom stereocenters. The molecule has 0 radical (unpaired) electrons. The van der Waals surface area contributed by atoms with Crippen LogP contribution in [0.25, 0.3) is 5.69 Å². The molecule has 7 heteroatoms. The van der Waals surface area contributed by atoms with Crippen molar-refractivity contribution < 1.29 is 4.79 Å². The normalized spacial score (nSPS) is 14.7. The molecule has 1 saturated heterocycles. The minimum Gasteiger partial charge on any atom is -0.334 e. The number of nitrogens with one attached hydrogen (secondary N) is 1. The average molecular weight is 410 g/mol. The summed E-state index contributed by atoms with van der Waals surface area (Å²) in [5, 5.41) is 8.04. The number of hydrogen-bond donors (Lipinski definition) is 1. The van der Waals surface area contributed by atoms with E-state index in [2.05, 4.69) is 27.4 Å². The highest BCUT2D eigenvalue weighted by Crippen LogP contribution is 2.13. The second kappa shape index (κ2) is 9.11. The lowest BCUT2D eigenvalue weighted by Crippen LogP contribution is -2.51. The van der Waals surface area contributed by atoms with Crippen LogP contribution in [0.3, 0.4) is 0 Å². The number of carbonyl (C=O) groups is 1. The first kappa shape index (κ1) is 19.5. The van der Waals surface area contributed by atoms with Gasteiger partial charge in [-0.2, -0.15) is 5.10 Å². The minimum atomic E-state index is -0.0133. The Morgan fingerprint density at radius 1 is 1.00 bits per heavy atom. The molecular formula is C22H24ClN5O. The summed E-state index contributed by atoms with van der Waals surface area (Å²) < 4.78 is 1.81. The molecule has 2 aromatic carbocycles. The third kappa shape index (κ3) is 5.16. The number of halogens is 1. The van der Waals surface area contributed by atoms with Gasteiger partial charge in [0.1, 0.15) is 0 Å². The van der Waals surface area contributed by atoms with Crippen molar-refractivity contribution in [1.82, 2.24) is 24.9 Å². The summed E-state index contributed by atoms with van der Waals surface area (Å²) in [4.78, 5) is 16.8. The fraction of sp³-hybridized carbons (Fsp3) is 0.273. The number of nitrogens with zero attached hydrogens (tertiary/aromatic N) is 4. The summed E-state index contributed by atoms with van der Waals surface area (Å²) in [6.07, 6.45) is 3.66. The Bertz CT molecular complexity index is 934. The number of rotatable bonds is 5. The lowest BCUT2D eigenvalue weighted by molar-refractivity contribution is 0.135. The van der Waals surface area contributed by atoms with E-state index in [0.29, 0.717) is 6.54 Å². The molecule has 0 bridgehead atoms. The van der Waals surface area contributed by atoms with Crippen LogP contribution in [-0.2, 0) is 13.1 Å². The predicted octanol–water partition coefficient (Wildman–Crippen LogP) is 3.55. The van der Waals surface area contributed by atoms with Crippen molar-refractivity contribution in [3.8, 4) is 5.69 Å². The summed E-state index contributed by atoms with van der Waals surface area (Å²) in [6.45, 7) is 4.57. The standard InChI is InChI=1S/C22H24ClN5O/c23-20-7-5-18(6-8-20)17-26-11-13-27(14-12-26)22(29)24-16-19-3-1-4-21(15-19)28-10-2-9-25-28/h1-10,15H,11-14,16-17H2,(H,24,29). The monoisotopic (exact) mass is 409 g/mol. The van der Waals surface area contributed by atoms with E-state index in [4.69, 9.17) is 11.6 Å². The van der Waals surface area contributed by atoms with Gasteiger partial charge in [-0.15, -0.1) is 0 Å². The van der Waals surface area contributed by atoms with Gasteiger partial charge in [0.2, 0.25) is 0 Å². The summed E-state index contributed by atoms with van der Waals surface area (Å²) in [5.41, 5.74) is 3.27. The maximum atomic E-state index is 12.6. The fourth-order valence-electron chi connectivity index (χ4n) is 3.48. The van der Waals surface area contributed by atoms with E-state index in [0.717, 1.165) is 49.0 Å². The first-order valence-electron chi connectivity index (χ1n) is 9.76. The van der Waals surface area contributed by atoms with Crippen molar-refractivity contribution in [2.45, 2.75) is 13.1 Å². The van der Waals surface area contributed by atoms with E-state index in [-0.39, 0.29) is 6.03 Å². The van der Waals surface area contributed by atoms with E-state index < -0.39 is 0 Å². The molecule has 1 fully saturated rings. The minimum absolute atomic E-state index is 0.0133. The first-order chi connectivity index (χ1) is 14.2. The van der Waals surface area contributed by atoms with Gasteiger partial charge in [-0.25, -0.2) is 9.48 Å². The Balaban J connectivity index is 1.25. The Kier molecular flexibility index (Phi) is 6.12. The van der Waals surface area contributed by atoms with Crippen LogP contribution >= 0.6 is 11.6 Å². The van der Waals surface area contributed by atoms with E-state index >= 15 is 0 Å². The molecule has 4 rings (SSSR count). The Morgan fingerprint density at radius 3 is 2.52 bits per heavy atom. The lowest BCUT2D eigenvalue weighted by Gasteiger charge is -2.34. The maximum Gasteiger partial charge on any atom is 0.317 e. The van der Waals surface area contributed by atoms with Crippen LogP contribution in [0.2, 0.25) is 5.02 Å². The highest BCUT2D eigenvalue weighted by molar-refractivity contribution is 6.30. The quantitative estimate of drug-likeness (QED) is 0.701. The topological polar surface area (TPSA) is 53.4 Å². The number of benzene rings is 2. The molecule has 1 aliphatic rings. The molecule has 6 nitrogen and oxygen atoms in total. The molecule has 1 N–H and O–H groups in total.